The van der Waals surface area contributed by atoms with E-state index < -0.39 is 23.0 Å². The van der Waals surface area contributed by atoms with E-state index in [-0.39, 0.29) is 30.9 Å². The van der Waals surface area contributed by atoms with Crippen LogP contribution in [0.15, 0.2) is 60.7 Å². The molecule has 10 heteroatoms. The van der Waals surface area contributed by atoms with Crippen molar-refractivity contribution in [2.45, 2.75) is 56.2 Å². The number of carbonyl (C=O) groups excluding carboxylic acids is 3. The summed E-state index contributed by atoms with van der Waals surface area (Å²) in [6, 6.07) is 15.3. The molecule has 2 aromatic rings. The number of hydrogen-bond donors (Lipinski definition) is 3. The molecule has 10 nitrogen and oxygen atoms in total. The van der Waals surface area contributed by atoms with Gasteiger partial charge in [-0.2, -0.15) is 0 Å². The Morgan fingerprint density at radius 3 is 2.56 bits per heavy atom. The molecule has 3 saturated heterocycles. The van der Waals surface area contributed by atoms with Gasteiger partial charge in [-0.1, -0.05) is 37.3 Å². The second-order valence-electron chi connectivity index (χ2n) is 12.2. The molecule has 0 aliphatic carbocycles. The van der Waals surface area contributed by atoms with Crippen molar-refractivity contribution in [2.24, 2.45) is 5.92 Å². The van der Waals surface area contributed by atoms with Gasteiger partial charge in [0, 0.05) is 42.9 Å². The van der Waals surface area contributed by atoms with Gasteiger partial charge >= 0.3 is 0 Å². The van der Waals surface area contributed by atoms with Gasteiger partial charge in [0.1, 0.15) is 5.54 Å². The first-order chi connectivity index (χ1) is 20.7. The molecule has 0 bridgehead atoms. The van der Waals surface area contributed by atoms with Gasteiger partial charge in [-0.25, -0.2) is 0 Å². The Kier molecular flexibility index (Phi) is 7.78. The van der Waals surface area contributed by atoms with Gasteiger partial charge in [0.15, 0.2) is 5.60 Å². The van der Waals surface area contributed by atoms with Crippen molar-refractivity contribution >= 4 is 34.8 Å². The zero-order valence-electron chi connectivity index (χ0n) is 24.9. The number of nitrogens with zero attached hydrogens (tertiary/aromatic N) is 4. The Morgan fingerprint density at radius 2 is 1.84 bits per heavy atom. The molecule has 4 heterocycles. The van der Waals surface area contributed by atoms with Crippen LogP contribution in [0.4, 0.5) is 17.1 Å². The average Bonchev–Trinajstić information content (AvgIpc) is 3.68. The van der Waals surface area contributed by atoms with E-state index in [9.17, 15) is 24.6 Å². The molecule has 4 aliphatic rings. The topological polar surface area (TPSA) is 117 Å². The Balaban J connectivity index is 1.28. The minimum Gasteiger partial charge on any atom is -0.394 e. The summed E-state index contributed by atoms with van der Waals surface area (Å²) in [5.74, 6) is -1.14. The van der Waals surface area contributed by atoms with Crippen molar-refractivity contribution in [3.05, 3.63) is 66.2 Å². The highest BCUT2D eigenvalue weighted by molar-refractivity contribution is 6.09. The zero-order valence-corrected chi connectivity index (χ0v) is 24.9. The Bertz CT molecular complexity index is 1420. The maximum Gasteiger partial charge on any atom is 0.264 e. The third-order valence-corrected chi connectivity index (χ3v) is 9.92. The predicted octanol–water partition coefficient (Wildman–Crippen LogP) is 2.35. The molecule has 6 rings (SSSR count). The van der Waals surface area contributed by atoms with E-state index in [2.05, 4.69) is 10.2 Å². The zero-order chi connectivity index (χ0) is 30.4. The third kappa shape index (κ3) is 4.72. The van der Waals surface area contributed by atoms with Crippen LogP contribution in [0, 0.1) is 5.92 Å². The Morgan fingerprint density at radius 1 is 1.09 bits per heavy atom. The maximum atomic E-state index is 14.2. The molecule has 1 spiro atoms. The van der Waals surface area contributed by atoms with Gasteiger partial charge in [0.05, 0.1) is 25.0 Å². The van der Waals surface area contributed by atoms with Gasteiger partial charge in [-0.15, -0.1) is 0 Å². The lowest BCUT2D eigenvalue weighted by molar-refractivity contribution is -0.139. The Labute approximate surface area is 252 Å². The molecule has 0 saturated carbocycles. The number of likely N-dealkylation sites (tertiary alicyclic amines) is 1. The monoisotopic (exact) mass is 587 g/mol. The van der Waals surface area contributed by atoms with Crippen molar-refractivity contribution in [3.63, 3.8) is 0 Å². The van der Waals surface area contributed by atoms with Gasteiger partial charge < -0.3 is 30.2 Å². The van der Waals surface area contributed by atoms with E-state index >= 15 is 0 Å². The summed E-state index contributed by atoms with van der Waals surface area (Å²) in [7, 11) is 1.64. The maximum absolute atomic E-state index is 14.2. The van der Waals surface area contributed by atoms with Crippen LogP contribution in [0.5, 0.6) is 0 Å². The number of aliphatic hydroxyl groups is 2. The predicted molar refractivity (Wildman–Crippen MR) is 165 cm³/mol. The molecule has 43 heavy (non-hydrogen) atoms. The van der Waals surface area contributed by atoms with Crippen molar-refractivity contribution in [2.75, 3.05) is 54.7 Å². The number of hydrogen-bond acceptors (Lipinski definition) is 7. The normalized spacial score (nSPS) is 25.8. The number of amides is 3. The number of para-hydroxylation sites is 1. The van der Waals surface area contributed by atoms with Crippen LogP contribution in [-0.4, -0.2) is 84.4 Å². The number of likely N-dealkylation sites (N-methyl/N-ethyl adjacent to an activating group) is 1. The first-order valence-corrected chi connectivity index (χ1v) is 15.3. The highest BCUT2D eigenvalue weighted by Gasteiger charge is 2.55. The lowest BCUT2D eigenvalue weighted by Gasteiger charge is -2.39. The summed E-state index contributed by atoms with van der Waals surface area (Å²) in [5, 5.41) is 25.0. The van der Waals surface area contributed by atoms with Crippen LogP contribution in [0.2, 0.25) is 0 Å². The second-order valence-corrected chi connectivity index (χ2v) is 12.2. The van der Waals surface area contributed by atoms with E-state index in [0.29, 0.717) is 43.0 Å². The standard InChI is InChI=1S/C33H41N5O5/c1-23(8-6-12-29(40)36-19-7-11-26(36)21-39)33(43)27-20-25(13-14-28(27)35(2)31(33)42)37-22-38(24-9-4-3-5-10-24)32(30(37)41)15-17-34-18-16-32/h3-6,8-10,13-14,20,23,26,34,39,43H,7,11-12,15-19,21-22H2,1-2H3/b8-6+/t23-,26+,33+/m1/s1. The molecule has 2 aromatic carbocycles. The molecule has 3 atom stereocenters. The van der Waals surface area contributed by atoms with Crippen LogP contribution in [0.1, 0.15) is 44.6 Å². The van der Waals surface area contributed by atoms with Crippen LogP contribution in [0.25, 0.3) is 0 Å². The molecule has 0 unspecified atom stereocenters. The lowest BCUT2D eigenvalue weighted by Crippen LogP contribution is -2.55. The fraction of sp³-hybridized carbons (Fsp3) is 0.485. The molecule has 3 fully saturated rings. The number of fused-ring (bicyclic) bond motifs is 1. The number of rotatable bonds is 7. The Hall–Kier alpha value is -3.73. The summed E-state index contributed by atoms with van der Waals surface area (Å²) in [6.45, 7) is 4.21. The fourth-order valence-electron chi connectivity index (χ4n) is 7.36. The average molecular weight is 588 g/mol. The van der Waals surface area contributed by atoms with Crippen molar-refractivity contribution in [1.82, 2.24) is 10.2 Å². The molecular formula is C33H41N5O5. The summed E-state index contributed by atoms with van der Waals surface area (Å²) in [5.41, 5.74) is 0.152. The fourth-order valence-corrected chi connectivity index (χ4v) is 7.36. The molecule has 3 N–H and O–H groups in total. The molecule has 0 aromatic heterocycles. The summed E-state index contributed by atoms with van der Waals surface area (Å²) < 4.78 is 0. The van der Waals surface area contributed by atoms with Gasteiger partial charge in [-0.05, 0) is 69.1 Å². The van der Waals surface area contributed by atoms with Crippen molar-refractivity contribution < 1.29 is 24.6 Å². The van der Waals surface area contributed by atoms with Crippen LogP contribution >= 0.6 is 0 Å². The molecular weight excluding hydrogens is 546 g/mol. The van der Waals surface area contributed by atoms with Gasteiger partial charge in [-0.3, -0.25) is 19.3 Å². The largest absolute Gasteiger partial charge is 0.394 e. The molecule has 4 aliphatic heterocycles. The smallest absolute Gasteiger partial charge is 0.264 e. The van der Waals surface area contributed by atoms with Crippen molar-refractivity contribution in [1.29, 1.82) is 0 Å². The first kappa shape index (κ1) is 29.3. The number of nitrogens with one attached hydrogen (secondary N) is 1. The van der Waals surface area contributed by atoms with Gasteiger partial charge in [0.2, 0.25) is 5.91 Å². The van der Waals surface area contributed by atoms with E-state index in [1.54, 1.807) is 48.1 Å². The summed E-state index contributed by atoms with van der Waals surface area (Å²) in [4.78, 5) is 47.6. The van der Waals surface area contributed by atoms with Crippen LogP contribution in [0.3, 0.4) is 0 Å². The summed E-state index contributed by atoms with van der Waals surface area (Å²) in [6.07, 6.45) is 6.59. The van der Waals surface area contributed by atoms with Crippen LogP contribution < -0.4 is 20.0 Å². The van der Waals surface area contributed by atoms with E-state index in [1.807, 2.05) is 36.4 Å². The lowest BCUT2D eigenvalue weighted by atomic mass is 9.82. The quantitative estimate of drug-likeness (QED) is 0.426. The minimum absolute atomic E-state index is 0.0218. The summed E-state index contributed by atoms with van der Waals surface area (Å²) >= 11 is 0. The number of piperidine rings is 1. The molecule has 228 valence electrons. The second kappa shape index (κ2) is 11.4. The number of aliphatic hydroxyl groups excluding tert-OH is 1. The number of carbonyl (C=O) groups is 3. The third-order valence-electron chi connectivity index (χ3n) is 9.92. The number of anilines is 3. The van der Waals surface area contributed by atoms with Crippen molar-refractivity contribution in [3.8, 4) is 0 Å². The minimum atomic E-state index is -1.85. The van der Waals surface area contributed by atoms with Crippen LogP contribution in [-0.2, 0) is 20.0 Å². The first-order valence-electron chi connectivity index (χ1n) is 15.3. The molecule has 0 radical (unpaired) electrons. The van der Waals surface area contributed by atoms with Gasteiger partial charge in [0.25, 0.3) is 11.8 Å². The van der Waals surface area contributed by atoms with E-state index in [4.69, 9.17) is 0 Å². The number of benzene rings is 2. The highest BCUT2D eigenvalue weighted by atomic mass is 16.3. The highest BCUT2D eigenvalue weighted by Crippen LogP contribution is 2.47. The van der Waals surface area contributed by atoms with E-state index in [0.717, 1.165) is 31.6 Å². The SMILES string of the molecule is C[C@H](/C=C/CC(=O)N1CCC[C@H]1CO)[C@@]1(O)C(=O)N(C)c2ccc(N3CN(c4ccccc4)C4(CCNCC4)C3=O)cc21. The van der Waals surface area contributed by atoms with E-state index in [1.165, 1.54) is 4.90 Å². The molecule has 3 amide bonds.